The van der Waals surface area contributed by atoms with Crippen LogP contribution in [0.3, 0.4) is 0 Å². The zero-order valence-corrected chi connectivity index (χ0v) is 11.6. The third kappa shape index (κ3) is 4.18. The molecule has 1 saturated heterocycles. The Balaban J connectivity index is 1.78. The van der Waals surface area contributed by atoms with Crippen LogP contribution >= 0.6 is 0 Å². The van der Waals surface area contributed by atoms with Crippen molar-refractivity contribution in [1.29, 1.82) is 0 Å². The molecular formula is C14H20FN3O2. The predicted octanol–water partition coefficient (Wildman–Crippen LogP) is 1.62. The fourth-order valence-corrected chi connectivity index (χ4v) is 2.13. The largest absolute Gasteiger partial charge is 0.383 e. The molecule has 2 amide bonds. The molecule has 0 radical (unpaired) electrons. The van der Waals surface area contributed by atoms with Crippen LogP contribution in [0.5, 0.6) is 0 Å². The maximum atomic E-state index is 12.8. The van der Waals surface area contributed by atoms with Gasteiger partial charge in [-0.25, -0.2) is 9.18 Å². The van der Waals surface area contributed by atoms with Crippen molar-refractivity contribution in [2.75, 3.05) is 51.8 Å². The Hall–Kier alpha value is -1.66. The molecular weight excluding hydrogens is 261 g/mol. The summed E-state index contributed by atoms with van der Waals surface area (Å²) < 4.78 is 17.8. The highest BCUT2D eigenvalue weighted by atomic mass is 19.1. The number of urea groups is 1. The zero-order chi connectivity index (χ0) is 14.4. The summed E-state index contributed by atoms with van der Waals surface area (Å²) in [5, 5.41) is 2.77. The van der Waals surface area contributed by atoms with Crippen LogP contribution < -0.4 is 5.32 Å². The summed E-state index contributed by atoms with van der Waals surface area (Å²) in [5.41, 5.74) is 0.609. The third-order valence-corrected chi connectivity index (χ3v) is 3.37. The van der Waals surface area contributed by atoms with Crippen molar-refractivity contribution in [2.24, 2.45) is 0 Å². The number of rotatable bonds is 4. The summed E-state index contributed by atoms with van der Waals surface area (Å²) in [5.74, 6) is -0.310. The lowest BCUT2D eigenvalue weighted by Gasteiger charge is -2.34. The maximum absolute atomic E-state index is 12.8. The normalized spacial score (nSPS) is 16.2. The van der Waals surface area contributed by atoms with E-state index < -0.39 is 0 Å². The fourth-order valence-electron chi connectivity index (χ4n) is 2.13. The lowest BCUT2D eigenvalue weighted by Crippen LogP contribution is -2.50. The topological polar surface area (TPSA) is 44.8 Å². The van der Waals surface area contributed by atoms with Crippen LogP contribution in [0.15, 0.2) is 24.3 Å². The zero-order valence-electron chi connectivity index (χ0n) is 11.6. The molecule has 1 N–H and O–H groups in total. The van der Waals surface area contributed by atoms with Gasteiger partial charge in [0.1, 0.15) is 5.82 Å². The fraction of sp³-hybridized carbons (Fsp3) is 0.500. The number of hydrogen-bond acceptors (Lipinski definition) is 3. The summed E-state index contributed by atoms with van der Waals surface area (Å²) in [6, 6.07) is 5.64. The number of nitrogens with one attached hydrogen (secondary N) is 1. The van der Waals surface area contributed by atoms with Crippen LogP contribution in [0.25, 0.3) is 0 Å². The Morgan fingerprint density at radius 2 is 1.90 bits per heavy atom. The Labute approximate surface area is 118 Å². The maximum Gasteiger partial charge on any atom is 0.321 e. The first kappa shape index (κ1) is 14.7. The number of halogens is 1. The molecule has 1 aliphatic heterocycles. The SMILES string of the molecule is COCCN1CCN(C(=O)Nc2ccc(F)cc2)CC1. The van der Waals surface area contributed by atoms with Crippen molar-refractivity contribution in [3.8, 4) is 0 Å². The van der Waals surface area contributed by atoms with Crippen molar-refractivity contribution >= 4 is 11.7 Å². The van der Waals surface area contributed by atoms with Crippen LogP contribution in [0.1, 0.15) is 0 Å². The highest BCUT2D eigenvalue weighted by Crippen LogP contribution is 2.10. The van der Waals surface area contributed by atoms with E-state index in [1.54, 1.807) is 24.1 Å². The molecule has 0 unspecified atom stereocenters. The van der Waals surface area contributed by atoms with Crippen molar-refractivity contribution in [3.63, 3.8) is 0 Å². The molecule has 1 heterocycles. The molecule has 1 fully saturated rings. The van der Waals surface area contributed by atoms with E-state index in [0.717, 1.165) is 19.6 Å². The summed E-state index contributed by atoms with van der Waals surface area (Å²) >= 11 is 0. The number of carbonyl (C=O) groups excluding carboxylic acids is 1. The minimum atomic E-state index is -0.310. The Morgan fingerprint density at radius 1 is 1.25 bits per heavy atom. The number of piperazine rings is 1. The Morgan fingerprint density at radius 3 is 2.50 bits per heavy atom. The molecule has 0 atom stereocenters. The van der Waals surface area contributed by atoms with E-state index in [4.69, 9.17) is 4.74 Å². The van der Waals surface area contributed by atoms with Crippen LogP contribution in [0, 0.1) is 5.82 Å². The summed E-state index contributed by atoms with van der Waals surface area (Å²) in [6.07, 6.45) is 0. The predicted molar refractivity (Wildman–Crippen MR) is 75.3 cm³/mol. The van der Waals surface area contributed by atoms with Crippen molar-refractivity contribution < 1.29 is 13.9 Å². The number of ether oxygens (including phenoxy) is 1. The minimum Gasteiger partial charge on any atom is -0.383 e. The molecule has 0 bridgehead atoms. The number of carbonyl (C=O) groups is 1. The number of hydrogen-bond donors (Lipinski definition) is 1. The molecule has 6 heteroatoms. The molecule has 1 aliphatic rings. The smallest absolute Gasteiger partial charge is 0.321 e. The van der Waals surface area contributed by atoms with Crippen LogP contribution in [0.2, 0.25) is 0 Å². The van der Waals surface area contributed by atoms with Gasteiger partial charge in [0.25, 0.3) is 0 Å². The van der Waals surface area contributed by atoms with Gasteiger partial charge >= 0.3 is 6.03 Å². The molecule has 1 aromatic rings. The van der Waals surface area contributed by atoms with Crippen LogP contribution in [-0.4, -0.2) is 62.3 Å². The molecule has 5 nitrogen and oxygen atoms in total. The van der Waals surface area contributed by atoms with E-state index >= 15 is 0 Å². The highest BCUT2D eigenvalue weighted by Gasteiger charge is 2.20. The second-order valence-electron chi connectivity index (χ2n) is 4.76. The van der Waals surface area contributed by atoms with E-state index in [1.807, 2.05) is 0 Å². The Kier molecular flexibility index (Phi) is 5.31. The van der Waals surface area contributed by atoms with Crippen molar-refractivity contribution in [3.05, 3.63) is 30.1 Å². The monoisotopic (exact) mass is 281 g/mol. The summed E-state index contributed by atoms with van der Waals surface area (Å²) in [7, 11) is 1.69. The average Bonchev–Trinajstić information content (AvgIpc) is 2.48. The Bertz CT molecular complexity index is 431. The van der Waals surface area contributed by atoms with Gasteiger partial charge in [-0.05, 0) is 24.3 Å². The average molecular weight is 281 g/mol. The molecule has 0 saturated carbocycles. The van der Waals surface area contributed by atoms with Gasteiger partial charge in [0, 0.05) is 45.5 Å². The van der Waals surface area contributed by atoms with Crippen LogP contribution in [-0.2, 0) is 4.74 Å². The number of benzene rings is 1. The second-order valence-corrected chi connectivity index (χ2v) is 4.76. The summed E-state index contributed by atoms with van der Waals surface area (Å²) in [6.45, 7) is 4.68. The molecule has 0 aliphatic carbocycles. The lowest BCUT2D eigenvalue weighted by molar-refractivity contribution is 0.109. The first-order valence-corrected chi connectivity index (χ1v) is 6.72. The first-order chi connectivity index (χ1) is 9.69. The molecule has 2 rings (SSSR count). The van der Waals surface area contributed by atoms with Crippen LogP contribution in [0.4, 0.5) is 14.9 Å². The van der Waals surface area contributed by atoms with E-state index in [0.29, 0.717) is 25.4 Å². The van der Waals surface area contributed by atoms with E-state index in [9.17, 15) is 9.18 Å². The van der Waals surface area contributed by atoms with Gasteiger partial charge < -0.3 is 15.0 Å². The lowest BCUT2D eigenvalue weighted by atomic mass is 10.3. The number of amides is 2. The van der Waals surface area contributed by atoms with Gasteiger partial charge in [0.05, 0.1) is 6.61 Å². The van der Waals surface area contributed by atoms with E-state index in [2.05, 4.69) is 10.2 Å². The van der Waals surface area contributed by atoms with Gasteiger partial charge in [-0.1, -0.05) is 0 Å². The molecule has 0 aromatic heterocycles. The highest BCUT2D eigenvalue weighted by molar-refractivity contribution is 5.89. The first-order valence-electron chi connectivity index (χ1n) is 6.72. The van der Waals surface area contributed by atoms with E-state index in [1.165, 1.54) is 12.1 Å². The van der Waals surface area contributed by atoms with Crippen molar-refractivity contribution in [2.45, 2.75) is 0 Å². The van der Waals surface area contributed by atoms with E-state index in [-0.39, 0.29) is 11.8 Å². The minimum absolute atomic E-state index is 0.136. The molecule has 20 heavy (non-hydrogen) atoms. The quantitative estimate of drug-likeness (QED) is 0.912. The van der Waals surface area contributed by atoms with Gasteiger partial charge in [-0.2, -0.15) is 0 Å². The van der Waals surface area contributed by atoms with Crippen molar-refractivity contribution in [1.82, 2.24) is 9.80 Å². The molecule has 110 valence electrons. The number of nitrogens with zero attached hydrogens (tertiary/aromatic N) is 2. The van der Waals surface area contributed by atoms with Gasteiger partial charge in [0.2, 0.25) is 0 Å². The number of anilines is 1. The van der Waals surface area contributed by atoms with Gasteiger partial charge in [0.15, 0.2) is 0 Å². The number of methoxy groups -OCH3 is 1. The van der Waals surface area contributed by atoms with Gasteiger partial charge in [-0.3, -0.25) is 4.90 Å². The van der Waals surface area contributed by atoms with Gasteiger partial charge in [-0.15, -0.1) is 0 Å². The third-order valence-electron chi connectivity index (χ3n) is 3.37. The molecule has 0 spiro atoms. The second kappa shape index (κ2) is 7.21. The molecule has 1 aromatic carbocycles. The standard InChI is InChI=1S/C14H20FN3O2/c1-20-11-10-17-6-8-18(9-7-17)14(19)16-13-4-2-12(15)3-5-13/h2-5H,6-11H2,1H3,(H,16,19). The summed E-state index contributed by atoms with van der Waals surface area (Å²) in [4.78, 5) is 16.1.